The van der Waals surface area contributed by atoms with Gasteiger partial charge in [-0.2, -0.15) is 0 Å². The van der Waals surface area contributed by atoms with Crippen LogP contribution in [0.5, 0.6) is 0 Å². The van der Waals surface area contributed by atoms with Crippen LogP contribution >= 0.6 is 0 Å². The number of nitrogens with one attached hydrogen (secondary N) is 1. The van der Waals surface area contributed by atoms with Gasteiger partial charge >= 0.3 is 0 Å². The van der Waals surface area contributed by atoms with Gasteiger partial charge in [-0.25, -0.2) is 0 Å². The Labute approximate surface area is 75.0 Å². The molecule has 0 rings (SSSR count). The molecule has 1 N–H and O–H groups in total. The van der Waals surface area contributed by atoms with E-state index in [9.17, 15) is 4.79 Å². The fourth-order valence-corrected chi connectivity index (χ4v) is 0.632. The maximum Gasteiger partial charge on any atom is 0.243 e. The Kier molecular flexibility index (Phi) is 4.01. The minimum Gasteiger partial charge on any atom is -0.352 e. The van der Waals surface area contributed by atoms with Gasteiger partial charge in [-0.15, -0.1) is 0 Å². The van der Waals surface area contributed by atoms with Crippen LogP contribution in [0, 0.1) is 11.3 Å². The Balaban J connectivity index is 3.79. The van der Waals surface area contributed by atoms with Crippen molar-refractivity contribution in [2.75, 3.05) is 6.54 Å². The topological polar surface area (TPSA) is 29.1 Å². The molecular formula is C10H19NO. The predicted molar refractivity (Wildman–Crippen MR) is 51.8 cm³/mol. The zero-order valence-electron chi connectivity index (χ0n) is 8.48. The Morgan fingerprint density at radius 1 is 1.58 bits per heavy atom. The van der Waals surface area contributed by atoms with E-state index in [2.05, 4.69) is 39.6 Å². The largest absolute Gasteiger partial charge is 0.352 e. The summed E-state index contributed by atoms with van der Waals surface area (Å²) in [6.45, 7) is 12.7. The lowest BCUT2D eigenvalue weighted by atomic mass is 9.82. The van der Waals surface area contributed by atoms with E-state index in [-0.39, 0.29) is 11.3 Å². The molecule has 0 heterocycles. The van der Waals surface area contributed by atoms with Crippen LogP contribution in [0.2, 0.25) is 0 Å². The number of rotatable bonds is 3. The molecule has 0 aliphatic carbocycles. The molecule has 0 aromatic rings. The van der Waals surface area contributed by atoms with Crippen LogP contribution in [0.25, 0.3) is 0 Å². The van der Waals surface area contributed by atoms with Crippen LogP contribution in [-0.2, 0) is 4.79 Å². The fraction of sp³-hybridized carbons (Fsp3) is 0.700. The van der Waals surface area contributed by atoms with Crippen molar-refractivity contribution in [3.63, 3.8) is 0 Å². The Morgan fingerprint density at radius 3 is 2.42 bits per heavy atom. The molecule has 0 saturated heterocycles. The maximum absolute atomic E-state index is 10.8. The quantitative estimate of drug-likeness (QED) is 0.643. The Bertz CT molecular complexity index is 167. The Morgan fingerprint density at radius 2 is 2.08 bits per heavy atom. The monoisotopic (exact) mass is 169 g/mol. The van der Waals surface area contributed by atoms with Crippen LogP contribution in [0.3, 0.4) is 0 Å². The van der Waals surface area contributed by atoms with Crippen LogP contribution < -0.4 is 5.32 Å². The summed E-state index contributed by atoms with van der Waals surface area (Å²) in [5.74, 6) is 0.382. The summed E-state index contributed by atoms with van der Waals surface area (Å²) in [5.41, 5.74) is 0.244. The van der Waals surface area contributed by atoms with E-state index in [4.69, 9.17) is 0 Å². The summed E-state index contributed by atoms with van der Waals surface area (Å²) in [5, 5.41) is 2.78. The number of hydrogen-bond donors (Lipinski definition) is 1. The van der Waals surface area contributed by atoms with Gasteiger partial charge in [0.2, 0.25) is 5.91 Å². The third-order valence-electron chi connectivity index (χ3n) is 2.25. The third kappa shape index (κ3) is 4.16. The number of carbonyl (C=O) groups excluding carboxylic acids is 1. The zero-order chi connectivity index (χ0) is 9.78. The van der Waals surface area contributed by atoms with E-state index in [1.807, 2.05) is 0 Å². The normalized spacial score (nSPS) is 13.7. The van der Waals surface area contributed by atoms with Crippen LogP contribution in [0.1, 0.15) is 27.7 Å². The summed E-state index contributed by atoms with van der Waals surface area (Å²) in [6.07, 6.45) is 1.30. The highest BCUT2D eigenvalue weighted by atomic mass is 16.1. The lowest BCUT2D eigenvalue weighted by molar-refractivity contribution is -0.116. The molecule has 0 aromatic carbocycles. The first-order chi connectivity index (χ1) is 5.38. The second-order valence-electron chi connectivity index (χ2n) is 4.22. The molecule has 0 aliphatic rings. The van der Waals surface area contributed by atoms with Gasteiger partial charge < -0.3 is 5.32 Å². The molecule has 0 radical (unpaired) electrons. The second-order valence-corrected chi connectivity index (χ2v) is 4.22. The van der Waals surface area contributed by atoms with E-state index < -0.39 is 0 Å². The highest BCUT2D eigenvalue weighted by molar-refractivity contribution is 5.86. The summed E-state index contributed by atoms with van der Waals surface area (Å²) >= 11 is 0. The lowest BCUT2D eigenvalue weighted by Crippen LogP contribution is -2.32. The molecule has 0 fully saturated rings. The molecule has 2 nitrogen and oxygen atoms in total. The molecule has 2 heteroatoms. The van der Waals surface area contributed by atoms with Gasteiger partial charge in [0.05, 0.1) is 0 Å². The number of hydrogen-bond acceptors (Lipinski definition) is 1. The summed E-state index contributed by atoms with van der Waals surface area (Å²) in [7, 11) is 0. The number of amides is 1. The first kappa shape index (κ1) is 11.2. The molecular weight excluding hydrogens is 150 g/mol. The molecule has 1 atom stereocenters. The van der Waals surface area contributed by atoms with Gasteiger partial charge in [-0.05, 0) is 17.4 Å². The van der Waals surface area contributed by atoms with Gasteiger partial charge in [0.25, 0.3) is 0 Å². The lowest BCUT2D eigenvalue weighted by Gasteiger charge is -2.27. The SMILES string of the molecule is C=CC(=O)NCC(C)C(C)(C)C. The van der Waals surface area contributed by atoms with Gasteiger partial charge in [0.1, 0.15) is 0 Å². The molecule has 0 bridgehead atoms. The predicted octanol–water partition coefficient (Wildman–Crippen LogP) is 1.97. The van der Waals surface area contributed by atoms with Crippen molar-refractivity contribution < 1.29 is 4.79 Å². The van der Waals surface area contributed by atoms with Gasteiger partial charge in [-0.3, -0.25) is 4.79 Å². The average Bonchev–Trinajstić information content (AvgIpc) is 1.97. The van der Waals surface area contributed by atoms with Crippen molar-refractivity contribution in [3.8, 4) is 0 Å². The van der Waals surface area contributed by atoms with Crippen LogP contribution in [-0.4, -0.2) is 12.5 Å². The summed E-state index contributed by atoms with van der Waals surface area (Å²) < 4.78 is 0. The maximum atomic E-state index is 10.8. The van der Waals surface area contributed by atoms with Crippen molar-refractivity contribution >= 4 is 5.91 Å². The average molecular weight is 169 g/mol. The van der Waals surface area contributed by atoms with Crippen molar-refractivity contribution in [2.24, 2.45) is 11.3 Å². The highest BCUT2D eigenvalue weighted by Gasteiger charge is 2.19. The van der Waals surface area contributed by atoms with Gasteiger partial charge in [0, 0.05) is 6.54 Å². The minimum atomic E-state index is -0.0916. The first-order valence-corrected chi connectivity index (χ1v) is 4.28. The first-order valence-electron chi connectivity index (χ1n) is 4.28. The summed E-state index contributed by atoms with van der Waals surface area (Å²) in [4.78, 5) is 10.8. The smallest absolute Gasteiger partial charge is 0.243 e. The van der Waals surface area contributed by atoms with Crippen molar-refractivity contribution in [3.05, 3.63) is 12.7 Å². The molecule has 12 heavy (non-hydrogen) atoms. The van der Waals surface area contributed by atoms with E-state index in [1.54, 1.807) is 0 Å². The molecule has 0 spiro atoms. The number of carbonyl (C=O) groups is 1. The molecule has 0 aliphatic heterocycles. The zero-order valence-corrected chi connectivity index (χ0v) is 8.48. The molecule has 0 saturated carbocycles. The summed E-state index contributed by atoms with van der Waals surface area (Å²) in [6, 6.07) is 0. The standard InChI is InChI=1S/C10H19NO/c1-6-9(12)11-7-8(2)10(3,4)5/h6,8H,1,7H2,2-5H3,(H,11,12). The van der Waals surface area contributed by atoms with E-state index in [0.717, 1.165) is 0 Å². The van der Waals surface area contributed by atoms with Crippen LogP contribution in [0.4, 0.5) is 0 Å². The highest BCUT2D eigenvalue weighted by Crippen LogP contribution is 2.24. The Hall–Kier alpha value is -0.790. The van der Waals surface area contributed by atoms with Crippen molar-refractivity contribution in [1.82, 2.24) is 5.32 Å². The fourth-order valence-electron chi connectivity index (χ4n) is 0.632. The van der Waals surface area contributed by atoms with E-state index in [0.29, 0.717) is 12.5 Å². The molecule has 1 unspecified atom stereocenters. The molecule has 70 valence electrons. The second kappa shape index (κ2) is 4.29. The van der Waals surface area contributed by atoms with Crippen molar-refractivity contribution in [2.45, 2.75) is 27.7 Å². The van der Waals surface area contributed by atoms with E-state index >= 15 is 0 Å². The van der Waals surface area contributed by atoms with E-state index in [1.165, 1.54) is 6.08 Å². The van der Waals surface area contributed by atoms with Crippen molar-refractivity contribution in [1.29, 1.82) is 0 Å². The van der Waals surface area contributed by atoms with Gasteiger partial charge in [-0.1, -0.05) is 34.3 Å². The van der Waals surface area contributed by atoms with Crippen LogP contribution in [0.15, 0.2) is 12.7 Å². The van der Waals surface area contributed by atoms with Gasteiger partial charge in [0.15, 0.2) is 0 Å². The molecule has 1 amide bonds. The minimum absolute atomic E-state index is 0.0916. The third-order valence-corrected chi connectivity index (χ3v) is 2.25. The molecule has 0 aromatic heterocycles.